The molecular formula is C20H19NO5. The number of rotatable bonds is 3. The Labute approximate surface area is 151 Å². The van der Waals surface area contributed by atoms with Crippen molar-refractivity contribution < 1.29 is 23.8 Å². The van der Waals surface area contributed by atoms with Crippen molar-refractivity contribution in [3.8, 4) is 11.5 Å². The van der Waals surface area contributed by atoms with Gasteiger partial charge in [0.1, 0.15) is 6.61 Å². The molecule has 2 aromatic rings. The Bertz CT molecular complexity index is 765. The minimum atomic E-state index is -0.861. The Balaban J connectivity index is 1.30. The highest BCUT2D eigenvalue weighted by atomic mass is 16.6. The molecule has 0 unspecified atom stereocenters. The van der Waals surface area contributed by atoms with Gasteiger partial charge >= 0.3 is 5.97 Å². The summed E-state index contributed by atoms with van der Waals surface area (Å²) >= 11 is 0. The standard InChI is InChI=1S/C20H19NO5/c22-19(21-10-9-14-5-1-2-6-15(14)11-21)13-25-20(23)18-12-24-16-7-3-4-8-17(16)26-18/h1-8,18H,9-13H2/t18-/m0/s1. The molecule has 0 saturated heterocycles. The number of carbonyl (C=O) groups is 2. The van der Waals surface area contributed by atoms with Crippen molar-refractivity contribution in [3.05, 3.63) is 59.7 Å². The second-order valence-electron chi connectivity index (χ2n) is 6.31. The first-order valence-electron chi connectivity index (χ1n) is 8.60. The van der Waals surface area contributed by atoms with Crippen LogP contribution in [0.4, 0.5) is 0 Å². The van der Waals surface area contributed by atoms with Gasteiger partial charge in [0, 0.05) is 13.1 Å². The molecule has 0 N–H and O–H groups in total. The van der Waals surface area contributed by atoms with Gasteiger partial charge in [-0.2, -0.15) is 0 Å². The smallest absolute Gasteiger partial charge is 0.351 e. The molecule has 0 radical (unpaired) electrons. The summed E-state index contributed by atoms with van der Waals surface area (Å²) in [5, 5.41) is 0. The van der Waals surface area contributed by atoms with Crippen LogP contribution < -0.4 is 9.47 Å². The molecule has 2 aliphatic heterocycles. The fraction of sp³-hybridized carbons (Fsp3) is 0.300. The maximum Gasteiger partial charge on any atom is 0.351 e. The Morgan fingerprint density at radius 2 is 1.77 bits per heavy atom. The second-order valence-corrected chi connectivity index (χ2v) is 6.31. The van der Waals surface area contributed by atoms with Crippen LogP contribution in [0.1, 0.15) is 11.1 Å². The quantitative estimate of drug-likeness (QED) is 0.789. The molecule has 0 saturated carbocycles. The summed E-state index contributed by atoms with van der Waals surface area (Å²) < 4.78 is 16.3. The van der Waals surface area contributed by atoms with Crippen LogP contribution in [0, 0.1) is 0 Å². The van der Waals surface area contributed by atoms with E-state index in [1.807, 2.05) is 24.3 Å². The SMILES string of the molecule is O=C(OCC(=O)N1CCc2ccccc2C1)[C@@H]1COc2ccccc2O1. The van der Waals surface area contributed by atoms with Gasteiger partial charge in [-0.05, 0) is 29.7 Å². The molecule has 0 spiro atoms. The summed E-state index contributed by atoms with van der Waals surface area (Å²) in [6.07, 6.45) is -0.0496. The van der Waals surface area contributed by atoms with E-state index in [1.54, 1.807) is 23.1 Å². The van der Waals surface area contributed by atoms with Gasteiger partial charge in [0.05, 0.1) is 0 Å². The summed E-state index contributed by atoms with van der Waals surface area (Å²) in [6, 6.07) is 15.2. The molecule has 26 heavy (non-hydrogen) atoms. The first kappa shape index (κ1) is 16.4. The summed E-state index contributed by atoms with van der Waals surface area (Å²) in [4.78, 5) is 26.3. The minimum Gasteiger partial charge on any atom is -0.485 e. The third kappa shape index (κ3) is 3.35. The molecule has 2 aromatic carbocycles. The second kappa shape index (κ2) is 7.07. The molecule has 0 aliphatic carbocycles. The Morgan fingerprint density at radius 1 is 1.04 bits per heavy atom. The number of ether oxygens (including phenoxy) is 3. The highest BCUT2D eigenvalue weighted by Crippen LogP contribution is 2.31. The number of carbonyl (C=O) groups excluding carboxylic acids is 2. The van der Waals surface area contributed by atoms with E-state index in [2.05, 4.69) is 6.07 Å². The largest absolute Gasteiger partial charge is 0.485 e. The number of fused-ring (bicyclic) bond motifs is 2. The lowest BCUT2D eigenvalue weighted by atomic mass is 10.00. The average molecular weight is 353 g/mol. The number of amides is 1. The first-order chi connectivity index (χ1) is 12.7. The van der Waals surface area contributed by atoms with Gasteiger partial charge in [0.2, 0.25) is 6.10 Å². The van der Waals surface area contributed by atoms with Gasteiger partial charge in [-0.3, -0.25) is 4.79 Å². The van der Waals surface area contributed by atoms with Crippen molar-refractivity contribution in [1.82, 2.24) is 4.90 Å². The molecule has 0 fully saturated rings. The molecule has 1 atom stereocenters. The van der Waals surface area contributed by atoms with Gasteiger partial charge in [0.15, 0.2) is 18.1 Å². The molecule has 1 amide bonds. The van der Waals surface area contributed by atoms with E-state index in [1.165, 1.54) is 5.56 Å². The maximum absolute atomic E-state index is 12.4. The number of nitrogens with zero attached hydrogens (tertiary/aromatic N) is 1. The zero-order chi connectivity index (χ0) is 17.9. The Hall–Kier alpha value is -3.02. The van der Waals surface area contributed by atoms with Crippen molar-refractivity contribution in [1.29, 1.82) is 0 Å². The number of hydrogen-bond donors (Lipinski definition) is 0. The normalized spacial score (nSPS) is 18.0. The molecule has 4 rings (SSSR count). The summed E-state index contributed by atoms with van der Waals surface area (Å²) in [7, 11) is 0. The van der Waals surface area contributed by atoms with Crippen LogP contribution in [0.3, 0.4) is 0 Å². The van der Waals surface area contributed by atoms with E-state index in [0.717, 1.165) is 12.0 Å². The lowest BCUT2D eigenvalue weighted by Gasteiger charge is -2.29. The third-order valence-corrected chi connectivity index (χ3v) is 4.59. The van der Waals surface area contributed by atoms with Crippen LogP contribution in [-0.4, -0.2) is 42.6 Å². The lowest BCUT2D eigenvalue weighted by Crippen LogP contribution is -2.42. The minimum absolute atomic E-state index is 0.0706. The van der Waals surface area contributed by atoms with Crippen molar-refractivity contribution in [2.24, 2.45) is 0 Å². The molecule has 2 heterocycles. The monoisotopic (exact) mass is 353 g/mol. The topological polar surface area (TPSA) is 65.1 Å². The molecule has 6 heteroatoms. The molecule has 6 nitrogen and oxygen atoms in total. The van der Waals surface area contributed by atoms with E-state index in [9.17, 15) is 9.59 Å². The molecule has 134 valence electrons. The number of esters is 1. The highest BCUT2D eigenvalue weighted by molar-refractivity contribution is 5.82. The average Bonchev–Trinajstić information content (AvgIpc) is 2.71. The fourth-order valence-corrected chi connectivity index (χ4v) is 3.16. The van der Waals surface area contributed by atoms with Crippen LogP contribution >= 0.6 is 0 Å². The molecule has 0 bridgehead atoms. The van der Waals surface area contributed by atoms with Gasteiger partial charge in [-0.1, -0.05) is 36.4 Å². The Kier molecular flexibility index (Phi) is 4.48. The van der Waals surface area contributed by atoms with Crippen molar-refractivity contribution in [3.63, 3.8) is 0 Å². The van der Waals surface area contributed by atoms with Crippen LogP contribution in [0.25, 0.3) is 0 Å². The Morgan fingerprint density at radius 3 is 2.62 bits per heavy atom. The van der Waals surface area contributed by atoms with E-state index in [-0.39, 0.29) is 19.1 Å². The van der Waals surface area contributed by atoms with E-state index in [0.29, 0.717) is 24.6 Å². The number of benzene rings is 2. The molecule has 2 aliphatic rings. The van der Waals surface area contributed by atoms with Gasteiger partial charge in [0.25, 0.3) is 5.91 Å². The van der Waals surface area contributed by atoms with E-state index >= 15 is 0 Å². The van der Waals surface area contributed by atoms with Crippen LogP contribution in [-0.2, 0) is 27.3 Å². The third-order valence-electron chi connectivity index (χ3n) is 4.59. The highest BCUT2D eigenvalue weighted by Gasteiger charge is 2.30. The predicted octanol–water partition coefficient (Wildman–Crippen LogP) is 1.95. The number of para-hydroxylation sites is 2. The van der Waals surface area contributed by atoms with Crippen LogP contribution in [0.2, 0.25) is 0 Å². The summed E-state index contributed by atoms with van der Waals surface area (Å²) in [5.74, 6) is 0.300. The lowest BCUT2D eigenvalue weighted by molar-refractivity contribution is -0.160. The summed E-state index contributed by atoms with van der Waals surface area (Å²) in [5.41, 5.74) is 2.40. The van der Waals surface area contributed by atoms with Crippen LogP contribution in [0.15, 0.2) is 48.5 Å². The van der Waals surface area contributed by atoms with Crippen molar-refractivity contribution in [2.45, 2.75) is 19.1 Å². The summed E-state index contributed by atoms with van der Waals surface area (Å²) in [6.45, 7) is 0.955. The molecular weight excluding hydrogens is 334 g/mol. The first-order valence-corrected chi connectivity index (χ1v) is 8.60. The van der Waals surface area contributed by atoms with Crippen molar-refractivity contribution in [2.75, 3.05) is 19.8 Å². The predicted molar refractivity (Wildman–Crippen MR) is 92.9 cm³/mol. The van der Waals surface area contributed by atoms with E-state index < -0.39 is 12.1 Å². The zero-order valence-electron chi connectivity index (χ0n) is 14.2. The molecule has 0 aromatic heterocycles. The van der Waals surface area contributed by atoms with E-state index in [4.69, 9.17) is 14.2 Å². The van der Waals surface area contributed by atoms with Crippen LogP contribution in [0.5, 0.6) is 11.5 Å². The zero-order valence-corrected chi connectivity index (χ0v) is 14.2. The fourth-order valence-electron chi connectivity index (χ4n) is 3.16. The van der Waals surface area contributed by atoms with Gasteiger partial charge in [-0.25, -0.2) is 4.79 Å². The number of hydrogen-bond acceptors (Lipinski definition) is 5. The maximum atomic E-state index is 12.4. The van der Waals surface area contributed by atoms with Gasteiger partial charge < -0.3 is 19.1 Å². The van der Waals surface area contributed by atoms with Crippen molar-refractivity contribution >= 4 is 11.9 Å². The van der Waals surface area contributed by atoms with Gasteiger partial charge in [-0.15, -0.1) is 0 Å².